The fourth-order valence-electron chi connectivity index (χ4n) is 1.94. The number of carbonyl (C=O) groups is 1. The first-order valence-electron chi connectivity index (χ1n) is 6.01. The number of methoxy groups -OCH3 is 1. The van der Waals surface area contributed by atoms with Crippen LogP contribution in [0.25, 0.3) is 0 Å². The van der Waals surface area contributed by atoms with Crippen LogP contribution >= 0.6 is 0 Å². The van der Waals surface area contributed by atoms with Crippen molar-refractivity contribution in [3.63, 3.8) is 0 Å². The molecular formula is C13H18N2O3. The Bertz CT molecular complexity index is 446. The molecule has 1 aromatic rings. The van der Waals surface area contributed by atoms with E-state index >= 15 is 0 Å². The maximum absolute atomic E-state index is 11.7. The van der Waals surface area contributed by atoms with Crippen molar-refractivity contribution in [3.05, 3.63) is 23.3 Å². The smallest absolute Gasteiger partial charge is 0.257 e. The van der Waals surface area contributed by atoms with Gasteiger partial charge in [0.25, 0.3) is 5.91 Å². The predicted molar refractivity (Wildman–Crippen MR) is 69.1 cm³/mol. The Labute approximate surface area is 106 Å². The summed E-state index contributed by atoms with van der Waals surface area (Å²) in [5.41, 5.74) is 2.50. The van der Waals surface area contributed by atoms with E-state index in [2.05, 4.69) is 10.6 Å². The summed E-state index contributed by atoms with van der Waals surface area (Å²) in [6.07, 6.45) is 0.908. The highest BCUT2D eigenvalue weighted by Crippen LogP contribution is 2.32. The zero-order valence-electron chi connectivity index (χ0n) is 10.7. The van der Waals surface area contributed by atoms with Crippen LogP contribution in [0, 0.1) is 6.92 Å². The van der Waals surface area contributed by atoms with Crippen molar-refractivity contribution in [3.8, 4) is 5.75 Å². The summed E-state index contributed by atoms with van der Waals surface area (Å²) in [5.74, 6) is 0.557. The molecule has 0 radical (unpaired) electrons. The summed E-state index contributed by atoms with van der Waals surface area (Å²) in [6, 6.07) is 3.83. The van der Waals surface area contributed by atoms with E-state index in [0.29, 0.717) is 17.9 Å². The van der Waals surface area contributed by atoms with E-state index in [1.54, 1.807) is 7.11 Å². The second-order valence-corrected chi connectivity index (χ2v) is 4.26. The Hall–Kier alpha value is -1.75. The zero-order chi connectivity index (χ0) is 13.0. The van der Waals surface area contributed by atoms with Gasteiger partial charge in [-0.25, -0.2) is 0 Å². The number of benzene rings is 1. The molecule has 0 spiro atoms. The van der Waals surface area contributed by atoms with Crippen molar-refractivity contribution in [2.45, 2.75) is 13.3 Å². The summed E-state index contributed by atoms with van der Waals surface area (Å²) in [6.45, 7) is 3.68. The number of fused-ring (bicyclic) bond motifs is 1. The molecule has 1 heterocycles. The highest BCUT2D eigenvalue weighted by atomic mass is 16.5. The zero-order valence-corrected chi connectivity index (χ0v) is 10.7. The van der Waals surface area contributed by atoms with Gasteiger partial charge in [0.05, 0.1) is 11.3 Å². The van der Waals surface area contributed by atoms with Crippen LogP contribution in [-0.4, -0.2) is 32.9 Å². The molecule has 0 saturated carbocycles. The summed E-state index contributed by atoms with van der Waals surface area (Å²) in [4.78, 5) is 11.7. The van der Waals surface area contributed by atoms with Crippen LogP contribution in [-0.2, 0) is 4.74 Å². The molecule has 1 aromatic carbocycles. The normalized spacial score (nSPS) is 13.6. The number of amides is 1. The maximum atomic E-state index is 11.7. The summed E-state index contributed by atoms with van der Waals surface area (Å²) in [7, 11) is 1.68. The molecule has 2 N–H and O–H groups in total. The molecule has 5 nitrogen and oxygen atoms in total. The minimum atomic E-state index is -0.0834. The Morgan fingerprint density at radius 3 is 3.11 bits per heavy atom. The van der Waals surface area contributed by atoms with Gasteiger partial charge in [-0.3, -0.25) is 4.79 Å². The van der Waals surface area contributed by atoms with E-state index < -0.39 is 0 Å². The number of aryl methyl sites for hydroxylation is 1. The quantitative estimate of drug-likeness (QED) is 0.778. The molecule has 1 amide bonds. The third-order valence-electron chi connectivity index (χ3n) is 2.77. The third-order valence-corrected chi connectivity index (χ3v) is 2.77. The van der Waals surface area contributed by atoms with E-state index in [-0.39, 0.29) is 12.6 Å². The van der Waals surface area contributed by atoms with Crippen molar-refractivity contribution < 1.29 is 14.3 Å². The van der Waals surface area contributed by atoms with Gasteiger partial charge in [-0.15, -0.1) is 0 Å². The fourth-order valence-corrected chi connectivity index (χ4v) is 1.94. The van der Waals surface area contributed by atoms with Crippen molar-refractivity contribution in [1.29, 1.82) is 0 Å². The van der Waals surface area contributed by atoms with Crippen LogP contribution < -0.4 is 15.4 Å². The van der Waals surface area contributed by atoms with Gasteiger partial charge < -0.3 is 20.1 Å². The number of anilines is 1. The minimum Gasteiger partial charge on any atom is -0.470 e. The first-order chi connectivity index (χ1) is 8.72. The molecule has 0 fully saturated rings. The fraction of sp³-hybridized carbons (Fsp3) is 0.462. The molecule has 98 valence electrons. The van der Waals surface area contributed by atoms with Crippen molar-refractivity contribution in [2.24, 2.45) is 0 Å². The molecule has 5 heteroatoms. The average molecular weight is 250 g/mol. The lowest BCUT2D eigenvalue weighted by molar-refractivity contribution is 0.0884. The van der Waals surface area contributed by atoms with Gasteiger partial charge in [0, 0.05) is 20.3 Å². The number of ether oxygens (including phenoxy) is 2. The van der Waals surface area contributed by atoms with Crippen LogP contribution in [0.15, 0.2) is 12.1 Å². The monoisotopic (exact) mass is 250 g/mol. The van der Waals surface area contributed by atoms with E-state index in [1.165, 1.54) is 0 Å². The van der Waals surface area contributed by atoms with Gasteiger partial charge in [0.2, 0.25) is 0 Å². The molecular weight excluding hydrogens is 232 g/mol. The molecule has 2 rings (SSSR count). The van der Waals surface area contributed by atoms with Gasteiger partial charge in [-0.05, 0) is 31.0 Å². The maximum Gasteiger partial charge on any atom is 0.257 e. The van der Waals surface area contributed by atoms with Crippen LogP contribution in [0.5, 0.6) is 5.75 Å². The van der Waals surface area contributed by atoms with Gasteiger partial charge in [0.1, 0.15) is 0 Å². The Balaban J connectivity index is 2.16. The Morgan fingerprint density at radius 2 is 2.33 bits per heavy atom. The van der Waals surface area contributed by atoms with E-state index in [1.807, 2.05) is 19.1 Å². The Kier molecular flexibility index (Phi) is 4.04. The highest BCUT2D eigenvalue weighted by Gasteiger charge is 2.21. The largest absolute Gasteiger partial charge is 0.470 e. The van der Waals surface area contributed by atoms with Crippen LogP contribution in [0.3, 0.4) is 0 Å². The van der Waals surface area contributed by atoms with Crippen molar-refractivity contribution in [2.75, 3.05) is 32.3 Å². The topological polar surface area (TPSA) is 59.6 Å². The lowest BCUT2D eigenvalue weighted by atomic mass is 10.1. The molecule has 0 aliphatic carbocycles. The van der Waals surface area contributed by atoms with E-state index in [9.17, 15) is 4.79 Å². The lowest BCUT2D eigenvalue weighted by Gasteiger charge is -2.22. The van der Waals surface area contributed by atoms with Gasteiger partial charge in [-0.1, -0.05) is 0 Å². The predicted octanol–water partition coefficient (Wildman–Crippen LogP) is 1.52. The summed E-state index contributed by atoms with van der Waals surface area (Å²) in [5, 5.41) is 5.94. The molecule has 1 aliphatic rings. The SMILES string of the molecule is COCCCNc1cc(C)cc2c1OCNC2=O. The van der Waals surface area contributed by atoms with Gasteiger partial charge in [-0.2, -0.15) is 0 Å². The van der Waals surface area contributed by atoms with Gasteiger partial charge in [0.15, 0.2) is 12.5 Å². The first-order valence-corrected chi connectivity index (χ1v) is 6.01. The molecule has 0 aromatic heterocycles. The molecule has 0 bridgehead atoms. The summed E-state index contributed by atoms with van der Waals surface area (Å²) >= 11 is 0. The molecule has 1 aliphatic heterocycles. The number of hydrogen-bond donors (Lipinski definition) is 2. The molecule has 0 saturated heterocycles. The van der Waals surface area contributed by atoms with Crippen LogP contribution in [0.4, 0.5) is 5.69 Å². The van der Waals surface area contributed by atoms with E-state index in [4.69, 9.17) is 9.47 Å². The van der Waals surface area contributed by atoms with Crippen LogP contribution in [0.2, 0.25) is 0 Å². The van der Waals surface area contributed by atoms with Crippen LogP contribution in [0.1, 0.15) is 22.3 Å². The first kappa shape index (κ1) is 12.7. The third kappa shape index (κ3) is 2.73. The average Bonchev–Trinajstić information content (AvgIpc) is 2.36. The van der Waals surface area contributed by atoms with Crippen molar-refractivity contribution >= 4 is 11.6 Å². The second kappa shape index (κ2) is 5.73. The standard InChI is InChI=1S/C13H18N2O3/c1-9-6-10-12(18-8-15-13(10)16)11(7-9)14-4-3-5-17-2/h6-7,14H,3-5,8H2,1-2H3,(H,15,16). The number of nitrogens with one attached hydrogen (secondary N) is 2. The van der Waals surface area contributed by atoms with E-state index in [0.717, 1.165) is 24.2 Å². The lowest BCUT2D eigenvalue weighted by Crippen LogP contribution is -2.33. The minimum absolute atomic E-state index is 0.0834. The Morgan fingerprint density at radius 1 is 1.50 bits per heavy atom. The van der Waals surface area contributed by atoms with Crippen molar-refractivity contribution in [1.82, 2.24) is 5.32 Å². The number of carbonyl (C=O) groups excluding carboxylic acids is 1. The number of rotatable bonds is 5. The molecule has 18 heavy (non-hydrogen) atoms. The highest BCUT2D eigenvalue weighted by molar-refractivity contribution is 5.99. The number of hydrogen-bond acceptors (Lipinski definition) is 4. The second-order valence-electron chi connectivity index (χ2n) is 4.26. The molecule has 0 atom stereocenters. The molecule has 0 unspecified atom stereocenters. The summed E-state index contributed by atoms with van der Waals surface area (Å²) < 4.78 is 10.5. The van der Waals surface area contributed by atoms with Gasteiger partial charge >= 0.3 is 0 Å².